The number of urea groups is 1. The summed E-state index contributed by atoms with van der Waals surface area (Å²) in [6.45, 7) is 1.59. The van der Waals surface area contributed by atoms with Gasteiger partial charge in [-0.3, -0.25) is 4.79 Å². The van der Waals surface area contributed by atoms with Gasteiger partial charge in [0, 0.05) is 28.0 Å². The lowest BCUT2D eigenvalue weighted by molar-refractivity contribution is -0.113. The van der Waals surface area contributed by atoms with Crippen molar-refractivity contribution in [3.8, 4) is 11.5 Å². The molecular weight excluding hydrogens is 358 g/mol. The van der Waals surface area contributed by atoms with Crippen molar-refractivity contribution in [1.29, 1.82) is 0 Å². The highest BCUT2D eigenvalue weighted by Gasteiger charge is 2.32. The van der Waals surface area contributed by atoms with Crippen LogP contribution in [0.5, 0.6) is 11.5 Å². The molecule has 0 spiro atoms. The first-order chi connectivity index (χ1) is 12.3. The van der Waals surface area contributed by atoms with Crippen LogP contribution in [0.4, 0.5) is 10.5 Å². The third-order valence-corrected chi connectivity index (χ3v) is 4.16. The van der Waals surface area contributed by atoms with Crippen molar-refractivity contribution >= 4 is 29.2 Å². The molecule has 26 heavy (non-hydrogen) atoms. The Bertz CT molecular complexity index is 926. The maximum absolute atomic E-state index is 12.8. The molecule has 2 aromatic rings. The fourth-order valence-corrected chi connectivity index (χ4v) is 2.96. The Morgan fingerprint density at radius 3 is 2.65 bits per heavy atom. The molecule has 0 saturated heterocycles. The molecule has 0 fully saturated rings. The lowest BCUT2D eigenvalue weighted by Gasteiger charge is -2.29. The van der Waals surface area contributed by atoms with Crippen LogP contribution in [0, 0.1) is 0 Å². The van der Waals surface area contributed by atoms with Crippen LogP contribution in [-0.4, -0.2) is 22.2 Å². The summed E-state index contributed by atoms with van der Waals surface area (Å²) in [6, 6.07) is 9.23. The van der Waals surface area contributed by atoms with E-state index in [1.165, 1.54) is 12.1 Å². The molecule has 0 radical (unpaired) electrons. The second kappa shape index (κ2) is 6.97. The molecule has 134 valence electrons. The minimum Gasteiger partial charge on any atom is -0.508 e. The minimum atomic E-state index is -0.886. The van der Waals surface area contributed by atoms with Gasteiger partial charge in [0.05, 0.1) is 11.6 Å². The zero-order valence-electron chi connectivity index (χ0n) is 13.7. The van der Waals surface area contributed by atoms with Crippen molar-refractivity contribution < 1.29 is 19.8 Å². The van der Waals surface area contributed by atoms with E-state index in [1.54, 1.807) is 31.2 Å². The van der Waals surface area contributed by atoms with Crippen LogP contribution in [0.3, 0.4) is 0 Å². The van der Waals surface area contributed by atoms with Crippen molar-refractivity contribution in [2.75, 3.05) is 5.32 Å². The smallest absolute Gasteiger partial charge is 0.319 e. The molecule has 7 nitrogen and oxygen atoms in total. The third kappa shape index (κ3) is 3.57. The van der Waals surface area contributed by atoms with Crippen molar-refractivity contribution in [2.45, 2.75) is 13.0 Å². The Balaban J connectivity index is 1.98. The fraction of sp³-hybridized carbons (Fsp3) is 0.111. The first-order valence-electron chi connectivity index (χ1n) is 7.72. The molecule has 5 N–H and O–H groups in total. The average Bonchev–Trinajstić information content (AvgIpc) is 2.53. The molecule has 1 atom stereocenters. The number of carbonyl (C=O) groups is 2. The number of benzene rings is 2. The summed E-state index contributed by atoms with van der Waals surface area (Å²) in [5.41, 5.74) is 1.36. The summed E-state index contributed by atoms with van der Waals surface area (Å²) < 4.78 is 0. The van der Waals surface area contributed by atoms with Crippen LogP contribution in [0.25, 0.3) is 0 Å². The van der Waals surface area contributed by atoms with Gasteiger partial charge < -0.3 is 26.2 Å². The maximum atomic E-state index is 12.8. The molecule has 1 aliphatic rings. The Hall–Kier alpha value is -3.19. The number of aromatic hydroxyl groups is 2. The summed E-state index contributed by atoms with van der Waals surface area (Å²) in [5, 5.41) is 28.0. The summed E-state index contributed by atoms with van der Waals surface area (Å²) >= 11 is 5.93. The molecule has 1 unspecified atom stereocenters. The zero-order chi connectivity index (χ0) is 18.8. The number of amides is 3. The summed E-state index contributed by atoms with van der Waals surface area (Å²) in [7, 11) is 0. The van der Waals surface area contributed by atoms with E-state index in [9.17, 15) is 19.8 Å². The van der Waals surface area contributed by atoms with E-state index in [-0.39, 0.29) is 22.6 Å². The van der Waals surface area contributed by atoms with Gasteiger partial charge in [0.2, 0.25) is 0 Å². The first kappa shape index (κ1) is 17.6. The molecule has 8 heteroatoms. The summed E-state index contributed by atoms with van der Waals surface area (Å²) in [4.78, 5) is 24.7. The van der Waals surface area contributed by atoms with Crippen LogP contribution < -0.4 is 16.0 Å². The maximum Gasteiger partial charge on any atom is 0.319 e. The van der Waals surface area contributed by atoms with E-state index in [1.807, 2.05) is 0 Å². The Morgan fingerprint density at radius 2 is 1.96 bits per heavy atom. The SMILES string of the molecule is CC1=C(C(=O)Nc2cccc(Cl)c2)C(c2ccc(O)cc2O)NC(=O)N1. The van der Waals surface area contributed by atoms with E-state index in [4.69, 9.17) is 11.6 Å². The van der Waals surface area contributed by atoms with Crippen molar-refractivity contribution in [3.63, 3.8) is 0 Å². The van der Waals surface area contributed by atoms with E-state index in [2.05, 4.69) is 16.0 Å². The predicted octanol–water partition coefficient (Wildman–Crippen LogP) is 3.02. The van der Waals surface area contributed by atoms with Crippen molar-refractivity contribution in [1.82, 2.24) is 10.6 Å². The minimum absolute atomic E-state index is 0.128. The highest BCUT2D eigenvalue weighted by molar-refractivity contribution is 6.31. The molecule has 0 aromatic heterocycles. The summed E-state index contributed by atoms with van der Waals surface area (Å²) in [6.07, 6.45) is 0. The molecule has 0 bridgehead atoms. The molecule has 0 aliphatic carbocycles. The second-order valence-corrected chi connectivity index (χ2v) is 6.21. The highest BCUT2D eigenvalue weighted by atomic mass is 35.5. The quantitative estimate of drug-likeness (QED) is 0.569. The highest BCUT2D eigenvalue weighted by Crippen LogP contribution is 2.34. The third-order valence-electron chi connectivity index (χ3n) is 3.92. The topological polar surface area (TPSA) is 111 Å². The van der Waals surface area contributed by atoms with Gasteiger partial charge in [0.25, 0.3) is 5.91 Å². The van der Waals surface area contributed by atoms with Gasteiger partial charge in [-0.05, 0) is 37.3 Å². The van der Waals surface area contributed by atoms with Crippen molar-refractivity contribution in [2.24, 2.45) is 0 Å². The molecule has 3 amide bonds. The van der Waals surface area contributed by atoms with E-state index < -0.39 is 18.0 Å². The van der Waals surface area contributed by atoms with Crippen LogP contribution >= 0.6 is 11.6 Å². The monoisotopic (exact) mass is 373 g/mol. The number of phenolic OH excluding ortho intramolecular Hbond substituents is 2. The van der Waals surface area contributed by atoms with Gasteiger partial charge in [0.15, 0.2) is 0 Å². The number of nitrogens with one attached hydrogen (secondary N) is 3. The second-order valence-electron chi connectivity index (χ2n) is 5.78. The molecule has 1 aliphatic heterocycles. The standard InChI is InChI=1S/C18H16ClN3O4/c1-9-15(17(25)21-11-4-2-3-10(19)7-11)16(22-18(26)20-9)13-6-5-12(23)8-14(13)24/h2-8,16,23-24H,1H3,(H,21,25)(H2,20,22,26). The number of halogens is 1. The summed E-state index contributed by atoms with van der Waals surface area (Å²) in [5.74, 6) is -0.829. The van der Waals surface area contributed by atoms with Crippen LogP contribution in [0.15, 0.2) is 53.7 Å². The molecule has 0 saturated carbocycles. The fourth-order valence-electron chi connectivity index (χ4n) is 2.77. The van der Waals surface area contributed by atoms with E-state index in [0.29, 0.717) is 16.4 Å². The largest absolute Gasteiger partial charge is 0.508 e. The number of carbonyl (C=O) groups excluding carboxylic acids is 2. The zero-order valence-corrected chi connectivity index (χ0v) is 14.5. The van der Waals surface area contributed by atoms with Crippen LogP contribution in [-0.2, 0) is 4.79 Å². The number of phenols is 2. The Morgan fingerprint density at radius 1 is 1.19 bits per heavy atom. The number of allylic oxidation sites excluding steroid dienone is 1. The van der Waals surface area contributed by atoms with E-state index >= 15 is 0 Å². The van der Waals surface area contributed by atoms with Gasteiger partial charge >= 0.3 is 6.03 Å². The number of hydrogen-bond donors (Lipinski definition) is 5. The normalized spacial score (nSPS) is 16.7. The van der Waals surface area contributed by atoms with Gasteiger partial charge in [0.1, 0.15) is 11.5 Å². The Labute approximate surface area is 154 Å². The van der Waals surface area contributed by atoms with E-state index in [0.717, 1.165) is 6.07 Å². The van der Waals surface area contributed by atoms with Gasteiger partial charge in [-0.15, -0.1) is 0 Å². The number of hydrogen-bond acceptors (Lipinski definition) is 4. The Kier molecular flexibility index (Phi) is 4.73. The molecular formula is C18H16ClN3O4. The lowest BCUT2D eigenvalue weighted by atomic mass is 9.94. The van der Waals surface area contributed by atoms with Gasteiger partial charge in [-0.1, -0.05) is 17.7 Å². The molecule has 3 rings (SSSR count). The predicted molar refractivity (Wildman–Crippen MR) is 97.0 cm³/mol. The van der Waals surface area contributed by atoms with Crippen molar-refractivity contribution in [3.05, 3.63) is 64.3 Å². The lowest BCUT2D eigenvalue weighted by Crippen LogP contribution is -2.46. The average molecular weight is 374 g/mol. The van der Waals surface area contributed by atoms with Crippen LogP contribution in [0.2, 0.25) is 5.02 Å². The first-order valence-corrected chi connectivity index (χ1v) is 8.10. The number of rotatable bonds is 3. The molecule has 2 aromatic carbocycles. The number of anilines is 1. The molecule has 1 heterocycles. The van der Waals surface area contributed by atoms with Gasteiger partial charge in [-0.2, -0.15) is 0 Å². The van der Waals surface area contributed by atoms with Gasteiger partial charge in [-0.25, -0.2) is 4.79 Å². The van der Waals surface area contributed by atoms with Crippen LogP contribution in [0.1, 0.15) is 18.5 Å².